The zero-order valence-corrected chi connectivity index (χ0v) is 18.3. The standard InChI is InChI=1S/C12H8N2O6S2.2Na/c15-21(16,17)9-6-8-4-3-7-2-1-5-13-10(7)11(8)14-12(9)22(18,19)20;;/h1-6H,(H,15,16,17)(H,18,19,20);;/q;2*+1/p-2. The first-order valence-corrected chi connectivity index (χ1v) is 8.60. The Morgan fingerprint density at radius 2 is 1.46 bits per heavy atom. The van der Waals surface area contributed by atoms with E-state index >= 15 is 0 Å². The maximum atomic E-state index is 11.2. The molecule has 0 N–H and O–H groups in total. The number of aromatic nitrogens is 2. The Morgan fingerprint density at radius 1 is 0.833 bits per heavy atom. The zero-order valence-electron chi connectivity index (χ0n) is 12.6. The van der Waals surface area contributed by atoms with Crippen LogP contribution in [-0.4, -0.2) is 35.9 Å². The Balaban J connectivity index is 0.00000144. The van der Waals surface area contributed by atoms with Crippen LogP contribution >= 0.6 is 0 Å². The SMILES string of the molecule is O=S(=O)([O-])c1cc2ccc3cccnc3c2nc1S(=O)(=O)[O-].[Na+].[Na+]. The van der Waals surface area contributed by atoms with Crippen LogP contribution in [-0.2, 0) is 20.2 Å². The summed E-state index contributed by atoms with van der Waals surface area (Å²) in [7, 11) is -10.4. The fraction of sp³-hybridized carbons (Fsp3) is 0. The number of benzene rings is 1. The van der Waals surface area contributed by atoms with Crippen LogP contribution in [0.1, 0.15) is 0 Å². The molecule has 0 aliphatic heterocycles. The average Bonchev–Trinajstić information content (AvgIpc) is 2.44. The third-order valence-electron chi connectivity index (χ3n) is 3.00. The van der Waals surface area contributed by atoms with E-state index in [1.807, 2.05) is 0 Å². The van der Waals surface area contributed by atoms with Crippen LogP contribution in [0.15, 0.2) is 46.5 Å². The van der Waals surface area contributed by atoms with Gasteiger partial charge in [-0.1, -0.05) is 18.2 Å². The van der Waals surface area contributed by atoms with Gasteiger partial charge in [0.15, 0.2) is 5.03 Å². The molecule has 0 spiro atoms. The van der Waals surface area contributed by atoms with Gasteiger partial charge in [0.2, 0.25) is 0 Å². The van der Waals surface area contributed by atoms with Crippen LogP contribution < -0.4 is 59.1 Å². The molecule has 0 amide bonds. The summed E-state index contributed by atoms with van der Waals surface area (Å²) in [6, 6.07) is 7.23. The largest absolute Gasteiger partial charge is 1.00 e. The van der Waals surface area contributed by atoms with E-state index in [4.69, 9.17) is 0 Å². The molecular formula is C12H6N2Na2O6S2. The molecule has 0 aliphatic rings. The number of fused-ring (bicyclic) bond motifs is 3. The van der Waals surface area contributed by atoms with Crippen LogP contribution in [0.2, 0.25) is 0 Å². The van der Waals surface area contributed by atoms with Crippen molar-refractivity contribution >= 4 is 42.0 Å². The molecule has 0 atom stereocenters. The summed E-state index contributed by atoms with van der Waals surface area (Å²) < 4.78 is 67.3. The second-order valence-electron chi connectivity index (χ2n) is 4.41. The number of hydrogen-bond donors (Lipinski definition) is 0. The quantitative estimate of drug-likeness (QED) is 0.242. The summed E-state index contributed by atoms with van der Waals surface area (Å²) in [6.07, 6.45) is 1.44. The van der Waals surface area contributed by atoms with Crippen molar-refractivity contribution < 1.29 is 85.1 Å². The zero-order chi connectivity index (χ0) is 16.1. The second-order valence-corrected chi connectivity index (χ2v) is 7.06. The van der Waals surface area contributed by atoms with Gasteiger partial charge in [-0.05, 0) is 12.1 Å². The van der Waals surface area contributed by atoms with Crippen LogP contribution in [0.4, 0.5) is 0 Å². The van der Waals surface area contributed by atoms with Gasteiger partial charge in [-0.15, -0.1) is 0 Å². The van der Waals surface area contributed by atoms with Crippen molar-refractivity contribution in [3.63, 3.8) is 0 Å². The van der Waals surface area contributed by atoms with E-state index in [1.54, 1.807) is 18.2 Å². The minimum Gasteiger partial charge on any atom is -0.744 e. The van der Waals surface area contributed by atoms with Gasteiger partial charge in [-0.2, -0.15) is 0 Å². The minimum atomic E-state index is -5.24. The summed E-state index contributed by atoms with van der Waals surface area (Å²) in [5.74, 6) is 0. The molecule has 0 saturated carbocycles. The minimum absolute atomic E-state index is 0. The average molecular weight is 384 g/mol. The molecule has 24 heavy (non-hydrogen) atoms. The molecule has 0 unspecified atom stereocenters. The number of pyridine rings is 2. The molecule has 3 aromatic rings. The molecular weight excluding hydrogens is 378 g/mol. The van der Waals surface area contributed by atoms with Crippen LogP contribution in [0.5, 0.6) is 0 Å². The van der Waals surface area contributed by atoms with Crippen molar-refractivity contribution in [1.82, 2.24) is 9.97 Å². The van der Waals surface area contributed by atoms with Gasteiger partial charge in [0, 0.05) is 17.0 Å². The Morgan fingerprint density at radius 3 is 2.04 bits per heavy atom. The monoisotopic (exact) mass is 384 g/mol. The predicted octanol–water partition coefficient (Wildman–Crippen LogP) is -5.40. The molecule has 0 fully saturated rings. The number of rotatable bonds is 2. The molecule has 8 nitrogen and oxygen atoms in total. The third kappa shape index (κ3) is 4.15. The Labute approximate surface area is 181 Å². The van der Waals surface area contributed by atoms with E-state index in [2.05, 4.69) is 9.97 Å². The van der Waals surface area contributed by atoms with Crippen molar-refractivity contribution in [2.75, 3.05) is 0 Å². The van der Waals surface area contributed by atoms with Gasteiger partial charge in [0.25, 0.3) is 0 Å². The molecule has 12 heteroatoms. The van der Waals surface area contributed by atoms with E-state index in [0.717, 1.165) is 6.07 Å². The van der Waals surface area contributed by atoms with Crippen molar-refractivity contribution in [3.8, 4) is 0 Å². The van der Waals surface area contributed by atoms with Gasteiger partial charge in [0.1, 0.15) is 20.2 Å². The summed E-state index contributed by atoms with van der Waals surface area (Å²) >= 11 is 0. The van der Waals surface area contributed by atoms with Crippen molar-refractivity contribution in [3.05, 3.63) is 36.5 Å². The summed E-state index contributed by atoms with van der Waals surface area (Å²) in [6.45, 7) is 0. The van der Waals surface area contributed by atoms with Gasteiger partial charge in [0.05, 0.1) is 15.9 Å². The maximum absolute atomic E-state index is 11.2. The van der Waals surface area contributed by atoms with Crippen LogP contribution in [0.3, 0.4) is 0 Å². The number of nitrogens with zero attached hydrogens (tertiary/aromatic N) is 2. The first-order chi connectivity index (χ1) is 10.2. The predicted molar refractivity (Wildman–Crippen MR) is 73.0 cm³/mol. The van der Waals surface area contributed by atoms with Crippen LogP contribution in [0.25, 0.3) is 21.8 Å². The third-order valence-corrected chi connectivity index (χ3v) is 4.76. The molecule has 3 rings (SSSR count). The van der Waals surface area contributed by atoms with Crippen LogP contribution in [0, 0.1) is 0 Å². The Kier molecular flexibility index (Phi) is 6.95. The molecule has 114 valence electrons. The summed E-state index contributed by atoms with van der Waals surface area (Å²) in [4.78, 5) is 6.47. The maximum Gasteiger partial charge on any atom is 1.00 e. The normalized spacial score (nSPS) is 11.8. The van der Waals surface area contributed by atoms with E-state index in [-0.39, 0.29) is 70.0 Å². The topological polar surface area (TPSA) is 140 Å². The van der Waals surface area contributed by atoms with Crippen molar-refractivity contribution in [2.45, 2.75) is 9.92 Å². The molecule has 2 aromatic heterocycles. The second kappa shape index (κ2) is 7.62. The molecule has 0 radical (unpaired) electrons. The van der Waals surface area contributed by atoms with Gasteiger partial charge in [-0.3, -0.25) is 4.98 Å². The van der Waals surface area contributed by atoms with Gasteiger partial charge in [-0.25, -0.2) is 21.8 Å². The van der Waals surface area contributed by atoms with E-state index in [1.165, 1.54) is 12.3 Å². The fourth-order valence-electron chi connectivity index (χ4n) is 2.10. The van der Waals surface area contributed by atoms with Crippen molar-refractivity contribution in [1.29, 1.82) is 0 Å². The smallest absolute Gasteiger partial charge is 0.744 e. The van der Waals surface area contributed by atoms with E-state index in [9.17, 15) is 25.9 Å². The Hall–Kier alpha value is -0.140. The van der Waals surface area contributed by atoms with Crippen molar-refractivity contribution in [2.24, 2.45) is 0 Å². The molecule has 0 saturated heterocycles. The first-order valence-electron chi connectivity index (χ1n) is 5.78. The fourth-order valence-corrected chi connectivity index (χ4v) is 3.75. The van der Waals surface area contributed by atoms with Gasteiger partial charge < -0.3 is 9.11 Å². The molecule has 0 bridgehead atoms. The molecule has 2 heterocycles. The first kappa shape index (κ1) is 21.9. The van der Waals surface area contributed by atoms with Gasteiger partial charge >= 0.3 is 59.1 Å². The van der Waals surface area contributed by atoms with E-state index in [0.29, 0.717) is 10.9 Å². The molecule has 0 aliphatic carbocycles. The summed E-state index contributed by atoms with van der Waals surface area (Å²) in [5, 5.41) is -0.504. The summed E-state index contributed by atoms with van der Waals surface area (Å²) in [5.41, 5.74) is 0.319. The van der Waals surface area contributed by atoms with E-state index < -0.39 is 30.2 Å². The number of hydrogen-bond acceptors (Lipinski definition) is 8. The molecule has 1 aromatic carbocycles. The Bertz CT molecular complexity index is 1130.